The molecule has 0 unspecified atom stereocenters. The maximum absolute atomic E-state index is 12.5. The lowest BCUT2D eigenvalue weighted by Crippen LogP contribution is -2.48. The summed E-state index contributed by atoms with van der Waals surface area (Å²) < 4.78 is 0. The third kappa shape index (κ3) is 4.97. The number of benzene rings is 1. The predicted octanol–water partition coefficient (Wildman–Crippen LogP) is 3.62. The van der Waals surface area contributed by atoms with Gasteiger partial charge in [0.25, 0.3) is 0 Å². The fourth-order valence-corrected chi connectivity index (χ4v) is 5.28. The van der Waals surface area contributed by atoms with E-state index >= 15 is 0 Å². The maximum Gasteiger partial charge on any atom is 0.220 e. The molecule has 0 radical (unpaired) electrons. The largest absolute Gasteiger partial charge is 0.351 e. The number of carbonyl (C=O) groups excluding carboxylic acids is 1. The van der Waals surface area contributed by atoms with E-state index in [1.807, 2.05) is 6.07 Å². The van der Waals surface area contributed by atoms with Crippen LogP contribution in [0.15, 0.2) is 24.3 Å². The monoisotopic (exact) mass is 413 g/mol. The Morgan fingerprint density at radius 3 is 2.70 bits per heavy atom. The average molecular weight is 414 g/mol. The summed E-state index contributed by atoms with van der Waals surface area (Å²) in [5.41, 5.74) is 8.82. The van der Waals surface area contributed by atoms with Crippen LogP contribution >= 0.6 is 24.8 Å². The van der Waals surface area contributed by atoms with Gasteiger partial charge in [-0.25, -0.2) is 0 Å². The third-order valence-electron chi connectivity index (χ3n) is 6.60. The Morgan fingerprint density at radius 2 is 1.89 bits per heavy atom. The smallest absolute Gasteiger partial charge is 0.220 e. The lowest BCUT2D eigenvalue weighted by Gasteiger charge is -2.44. The van der Waals surface area contributed by atoms with Gasteiger partial charge in [-0.05, 0) is 68.7 Å². The number of nitrogens with zero attached hydrogens (tertiary/aromatic N) is 1. The Bertz CT molecular complexity index is 625. The fraction of sp³-hybridized carbons (Fsp3) is 0.667. The van der Waals surface area contributed by atoms with Crippen LogP contribution < -0.4 is 11.1 Å². The molecule has 0 saturated carbocycles. The minimum absolute atomic E-state index is 0. The molecule has 2 fully saturated rings. The SMILES string of the molecule is Cl.Cl.N[C@H]1c2ccccc2C[C@@H]1NC(=O)CC[C@@H]1CCCN2CCCC[C@H]12. The second-order valence-corrected chi connectivity index (χ2v) is 8.14. The van der Waals surface area contributed by atoms with E-state index in [9.17, 15) is 4.79 Å². The number of halogens is 2. The minimum Gasteiger partial charge on any atom is -0.351 e. The number of rotatable bonds is 4. The summed E-state index contributed by atoms with van der Waals surface area (Å²) in [5, 5.41) is 3.21. The molecular formula is C21H33Cl2N3O. The number of nitrogens with two attached hydrogens (primary N) is 1. The molecule has 3 aliphatic rings. The van der Waals surface area contributed by atoms with E-state index in [0.29, 0.717) is 12.3 Å². The summed E-state index contributed by atoms with van der Waals surface area (Å²) in [7, 11) is 0. The summed E-state index contributed by atoms with van der Waals surface area (Å²) in [4.78, 5) is 15.2. The van der Waals surface area contributed by atoms with Gasteiger partial charge in [-0.1, -0.05) is 30.7 Å². The van der Waals surface area contributed by atoms with E-state index in [-0.39, 0.29) is 42.8 Å². The molecule has 4 atom stereocenters. The van der Waals surface area contributed by atoms with Gasteiger partial charge >= 0.3 is 0 Å². The lowest BCUT2D eigenvalue weighted by atomic mass is 9.81. The average Bonchev–Trinajstić information content (AvgIpc) is 2.96. The van der Waals surface area contributed by atoms with E-state index < -0.39 is 0 Å². The highest BCUT2D eigenvalue weighted by molar-refractivity contribution is 5.85. The van der Waals surface area contributed by atoms with Crippen LogP contribution in [0.1, 0.15) is 62.1 Å². The first-order valence-corrected chi connectivity index (χ1v) is 10.1. The zero-order valence-electron chi connectivity index (χ0n) is 15.9. The van der Waals surface area contributed by atoms with Gasteiger partial charge in [-0.15, -0.1) is 24.8 Å². The van der Waals surface area contributed by atoms with Crippen molar-refractivity contribution in [3.8, 4) is 0 Å². The van der Waals surface area contributed by atoms with E-state index in [1.54, 1.807) is 0 Å². The van der Waals surface area contributed by atoms with Crippen molar-refractivity contribution in [2.24, 2.45) is 11.7 Å². The minimum atomic E-state index is -0.0660. The van der Waals surface area contributed by atoms with Crippen molar-refractivity contribution in [3.63, 3.8) is 0 Å². The van der Waals surface area contributed by atoms with E-state index in [1.165, 1.54) is 56.3 Å². The highest BCUT2D eigenvalue weighted by Crippen LogP contribution is 2.34. The molecule has 4 rings (SSSR count). The van der Waals surface area contributed by atoms with Crippen molar-refractivity contribution in [1.29, 1.82) is 0 Å². The first-order valence-electron chi connectivity index (χ1n) is 10.1. The van der Waals surface area contributed by atoms with E-state index in [0.717, 1.165) is 18.9 Å². The molecule has 27 heavy (non-hydrogen) atoms. The van der Waals surface area contributed by atoms with E-state index in [2.05, 4.69) is 28.4 Å². The quantitative estimate of drug-likeness (QED) is 0.791. The van der Waals surface area contributed by atoms with Gasteiger partial charge in [0.1, 0.15) is 0 Å². The molecule has 3 N–H and O–H groups in total. The third-order valence-corrected chi connectivity index (χ3v) is 6.60. The van der Waals surface area contributed by atoms with E-state index in [4.69, 9.17) is 5.73 Å². The molecule has 1 aromatic carbocycles. The van der Waals surface area contributed by atoms with Crippen molar-refractivity contribution in [2.45, 2.75) is 69.5 Å². The highest BCUT2D eigenvalue weighted by atomic mass is 35.5. The van der Waals surface area contributed by atoms with Gasteiger partial charge in [-0.2, -0.15) is 0 Å². The molecule has 1 aromatic rings. The van der Waals surface area contributed by atoms with Gasteiger partial charge in [0.15, 0.2) is 0 Å². The first kappa shape index (κ1) is 22.5. The predicted molar refractivity (Wildman–Crippen MR) is 115 cm³/mol. The van der Waals surface area contributed by atoms with Crippen molar-refractivity contribution in [2.75, 3.05) is 13.1 Å². The number of hydrogen-bond acceptors (Lipinski definition) is 3. The molecule has 4 nitrogen and oxygen atoms in total. The van der Waals surface area contributed by atoms with Crippen LogP contribution in [-0.2, 0) is 11.2 Å². The number of fused-ring (bicyclic) bond motifs is 2. The van der Waals surface area contributed by atoms with Crippen LogP contribution in [0.3, 0.4) is 0 Å². The lowest BCUT2D eigenvalue weighted by molar-refractivity contribution is -0.122. The fourth-order valence-electron chi connectivity index (χ4n) is 5.28. The summed E-state index contributed by atoms with van der Waals surface area (Å²) in [5.74, 6) is 0.885. The molecule has 2 heterocycles. The number of nitrogens with one attached hydrogen (secondary N) is 1. The van der Waals surface area contributed by atoms with Gasteiger partial charge in [-0.3, -0.25) is 4.79 Å². The molecule has 2 aliphatic heterocycles. The molecule has 1 aliphatic carbocycles. The molecule has 0 spiro atoms. The van der Waals surface area contributed by atoms with Gasteiger partial charge in [0.05, 0.1) is 12.1 Å². The molecule has 2 saturated heterocycles. The highest BCUT2D eigenvalue weighted by Gasteiger charge is 2.34. The Balaban J connectivity index is 0.00000131. The number of piperidine rings is 2. The molecule has 0 aromatic heterocycles. The van der Waals surface area contributed by atoms with Gasteiger partial charge in [0, 0.05) is 12.5 Å². The summed E-state index contributed by atoms with van der Waals surface area (Å²) in [6, 6.07) is 9.02. The second kappa shape index (κ2) is 10.1. The summed E-state index contributed by atoms with van der Waals surface area (Å²) in [6.07, 6.45) is 9.17. The van der Waals surface area contributed by atoms with Crippen LogP contribution in [-0.4, -0.2) is 36.0 Å². The standard InChI is InChI=1S/C21H31N3O.2ClH/c22-21-17-8-2-1-6-16(17)14-18(21)23-20(25)11-10-15-7-5-13-24-12-4-3-9-19(15)24;;/h1-2,6,8,15,18-19,21H,3-5,7,9-14,22H2,(H,23,25);2*1H/t15-,18-,19+,21-;;/m0../s1. The molecule has 0 bridgehead atoms. The van der Waals surface area contributed by atoms with Crippen molar-refractivity contribution >= 4 is 30.7 Å². The molecular weight excluding hydrogens is 381 g/mol. The zero-order chi connectivity index (χ0) is 17.2. The zero-order valence-corrected chi connectivity index (χ0v) is 17.6. The molecule has 6 heteroatoms. The second-order valence-electron chi connectivity index (χ2n) is 8.14. The maximum atomic E-state index is 12.5. The summed E-state index contributed by atoms with van der Waals surface area (Å²) >= 11 is 0. The Labute approximate surface area is 175 Å². The molecule has 152 valence electrons. The van der Waals surface area contributed by atoms with Crippen molar-refractivity contribution in [1.82, 2.24) is 10.2 Å². The Morgan fingerprint density at radius 1 is 1.11 bits per heavy atom. The Hall–Kier alpha value is -0.810. The first-order chi connectivity index (χ1) is 12.2. The van der Waals surface area contributed by atoms with Crippen LogP contribution in [0.25, 0.3) is 0 Å². The Kier molecular flexibility index (Phi) is 8.41. The number of hydrogen-bond donors (Lipinski definition) is 2. The van der Waals surface area contributed by atoms with Gasteiger partial charge in [0.2, 0.25) is 5.91 Å². The number of amides is 1. The van der Waals surface area contributed by atoms with Crippen LogP contribution in [0.5, 0.6) is 0 Å². The summed E-state index contributed by atoms with van der Waals surface area (Å²) in [6.45, 7) is 2.53. The van der Waals surface area contributed by atoms with Crippen molar-refractivity contribution in [3.05, 3.63) is 35.4 Å². The van der Waals surface area contributed by atoms with Crippen molar-refractivity contribution < 1.29 is 4.79 Å². The van der Waals surface area contributed by atoms with Crippen LogP contribution in [0, 0.1) is 5.92 Å². The van der Waals surface area contributed by atoms with Crippen LogP contribution in [0.4, 0.5) is 0 Å². The number of carbonyl (C=O) groups is 1. The normalized spacial score (nSPS) is 29.7. The molecule has 1 amide bonds. The topological polar surface area (TPSA) is 58.4 Å². The van der Waals surface area contributed by atoms with Crippen LogP contribution in [0.2, 0.25) is 0 Å². The van der Waals surface area contributed by atoms with Gasteiger partial charge < -0.3 is 16.0 Å².